The lowest BCUT2D eigenvalue weighted by molar-refractivity contribution is -0.385. The first kappa shape index (κ1) is 33.1. The SMILES string of the molecule is CCOc1ccc(-c2nn(-c3ccccc3)cc2/C=c2\sc3n(c2=O)[C@@H](c2ccc(OC)cc2)C(C(=O)OC(C)C)=C(C)N=3)cc1[N+](=O)[O-]. The lowest BCUT2D eigenvalue weighted by Gasteiger charge is -2.25. The Morgan fingerprint density at radius 1 is 1.10 bits per heavy atom. The summed E-state index contributed by atoms with van der Waals surface area (Å²) in [6, 6.07) is 20.4. The predicted octanol–water partition coefficient (Wildman–Crippen LogP) is 5.36. The molecule has 49 heavy (non-hydrogen) atoms. The maximum Gasteiger partial charge on any atom is 0.338 e. The zero-order valence-corrected chi connectivity index (χ0v) is 28.3. The molecule has 0 unspecified atom stereocenters. The number of carbonyl (C=O) groups is 1. The van der Waals surface area contributed by atoms with Crippen molar-refractivity contribution in [3.8, 4) is 28.4 Å². The minimum atomic E-state index is -0.809. The molecule has 0 radical (unpaired) electrons. The van der Waals surface area contributed by atoms with E-state index in [0.29, 0.717) is 43.2 Å². The van der Waals surface area contributed by atoms with Gasteiger partial charge in [0.2, 0.25) is 0 Å². The Hall–Kier alpha value is -5.82. The van der Waals surface area contributed by atoms with E-state index in [2.05, 4.69) is 4.99 Å². The van der Waals surface area contributed by atoms with E-state index in [1.165, 1.54) is 22.0 Å². The fraction of sp³-hybridized carbons (Fsp3) is 0.222. The molecule has 1 aliphatic heterocycles. The first-order chi connectivity index (χ1) is 23.6. The molecule has 2 aromatic heterocycles. The standard InChI is InChI=1S/C36H33N5O7S/c1-6-47-29-17-14-24(18-28(29)41(44)45)32-25(20-39(38-32)26-10-8-7-9-11-26)19-30-34(42)40-33(23-12-15-27(46-5)16-13-23)31(35(43)48-21(2)3)22(4)37-36(40)49-30/h7-21,33H,6H2,1-5H3/b30-19-/t33-/m0/s1. The van der Waals surface area contributed by atoms with Gasteiger partial charge in [-0.15, -0.1) is 0 Å². The Kier molecular flexibility index (Phi) is 9.27. The Bertz CT molecular complexity index is 2270. The van der Waals surface area contributed by atoms with Crippen molar-refractivity contribution >= 4 is 29.1 Å². The minimum absolute atomic E-state index is 0.148. The largest absolute Gasteiger partial charge is 0.497 e. The van der Waals surface area contributed by atoms with Gasteiger partial charge in [0.25, 0.3) is 5.56 Å². The fourth-order valence-corrected chi connectivity index (χ4v) is 6.66. The fourth-order valence-electron chi connectivity index (χ4n) is 5.62. The highest BCUT2D eigenvalue weighted by molar-refractivity contribution is 7.07. The van der Waals surface area contributed by atoms with Gasteiger partial charge in [-0.2, -0.15) is 5.10 Å². The van der Waals surface area contributed by atoms with Crippen molar-refractivity contribution in [2.24, 2.45) is 4.99 Å². The van der Waals surface area contributed by atoms with E-state index in [1.807, 2.05) is 42.5 Å². The van der Waals surface area contributed by atoms with E-state index in [9.17, 15) is 19.7 Å². The number of hydrogen-bond acceptors (Lipinski definition) is 10. The van der Waals surface area contributed by atoms with Crippen LogP contribution in [0.2, 0.25) is 0 Å². The average Bonchev–Trinajstić information content (AvgIpc) is 3.64. The third-order valence-corrected chi connectivity index (χ3v) is 8.78. The Balaban J connectivity index is 1.56. The van der Waals surface area contributed by atoms with Crippen LogP contribution in [0.5, 0.6) is 11.5 Å². The number of benzene rings is 3. The summed E-state index contributed by atoms with van der Waals surface area (Å²) in [6.45, 7) is 7.27. The van der Waals surface area contributed by atoms with Crippen LogP contribution in [0.25, 0.3) is 23.0 Å². The molecule has 3 heterocycles. The topological polar surface area (TPSA) is 140 Å². The first-order valence-corrected chi connectivity index (χ1v) is 16.4. The molecule has 0 fully saturated rings. The van der Waals surface area contributed by atoms with Crippen LogP contribution >= 0.6 is 11.3 Å². The van der Waals surface area contributed by atoms with Gasteiger partial charge in [0, 0.05) is 23.4 Å². The number of nitro groups is 1. The van der Waals surface area contributed by atoms with Crippen molar-refractivity contribution in [3.63, 3.8) is 0 Å². The number of para-hydroxylation sites is 1. The van der Waals surface area contributed by atoms with Crippen LogP contribution in [-0.2, 0) is 9.53 Å². The van der Waals surface area contributed by atoms with Crippen LogP contribution in [0.15, 0.2) is 100 Å². The smallest absolute Gasteiger partial charge is 0.338 e. The van der Waals surface area contributed by atoms with Crippen LogP contribution in [0.3, 0.4) is 0 Å². The number of aromatic nitrogens is 3. The lowest BCUT2D eigenvalue weighted by Crippen LogP contribution is -2.40. The van der Waals surface area contributed by atoms with Crippen molar-refractivity contribution in [2.45, 2.75) is 39.8 Å². The third-order valence-electron chi connectivity index (χ3n) is 7.79. The van der Waals surface area contributed by atoms with Crippen LogP contribution < -0.4 is 24.4 Å². The molecule has 5 aromatic rings. The van der Waals surface area contributed by atoms with E-state index in [1.54, 1.807) is 76.0 Å². The number of esters is 1. The molecule has 1 aliphatic rings. The number of hydrogen-bond donors (Lipinski definition) is 0. The van der Waals surface area contributed by atoms with Crippen LogP contribution in [-0.4, -0.2) is 45.1 Å². The molecule has 6 rings (SSSR count). The highest BCUT2D eigenvalue weighted by Gasteiger charge is 2.34. The summed E-state index contributed by atoms with van der Waals surface area (Å²) in [7, 11) is 1.56. The summed E-state index contributed by atoms with van der Waals surface area (Å²) in [6.07, 6.45) is 3.08. The molecule has 0 amide bonds. The number of fused-ring (bicyclic) bond motifs is 1. The van der Waals surface area contributed by atoms with Gasteiger partial charge in [-0.1, -0.05) is 41.7 Å². The lowest BCUT2D eigenvalue weighted by atomic mass is 9.96. The summed E-state index contributed by atoms with van der Waals surface area (Å²) in [5.74, 6) is 0.213. The number of ether oxygens (including phenoxy) is 3. The van der Waals surface area contributed by atoms with Crippen LogP contribution in [0, 0.1) is 10.1 Å². The van der Waals surface area contributed by atoms with Crippen molar-refractivity contribution in [1.29, 1.82) is 0 Å². The summed E-state index contributed by atoms with van der Waals surface area (Å²) in [5, 5.41) is 16.8. The van der Waals surface area contributed by atoms with Gasteiger partial charge < -0.3 is 14.2 Å². The van der Waals surface area contributed by atoms with Gasteiger partial charge >= 0.3 is 11.7 Å². The second-order valence-corrected chi connectivity index (χ2v) is 12.4. The van der Waals surface area contributed by atoms with Gasteiger partial charge in [0.15, 0.2) is 10.6 Å². The van der Waals surface area contributed by atoms with Gasteiger partial charge in [0.1, 0.15) is 11.4 Å². The average molecular weight is 680 g/mol. The number of carbonyl (C=O) groups excluding carboxylic acids is 1. The monoisotopic (exact) mass is 679 g/mol. The highest BCUT2D eigenvalue weighted by Crippen LogP contribution is 2.35. The minimum Gasteiger partial charge on any atom is -0.497 e. The van der Waals surface area contributed by atoms with E-state index in [-0.39, 0.29) is 35.3 Å². The van der Waals surface area contributed by atoms with E-state index >= 15 is 0 Å². The van der Waals surface area contributed by atoms with Crippen molar-refractivity contribution in [1.82, 2.24) is 14.3 Å². The van der Waals surface area contributed by atoms with Gasteiger partial charge in [-0.25, -0.2) is 14.5 Å². The highest BCUT2D eigenvalue weighted by atomic mass is 32.1. The molecule has 12 nitrogen and oxygen atoms in total. The molecule has 3 aromatic carbocycles. The Morgan fingerprint density at radius 3 is 2.49 bits per heavy atom. The zero-order valence-electron chi connectivity index (χ0n) is 27.4. The molecule has 13 heteroatoms. The molecule has 0 bridgehead atoms. The number of allylic oxidation sites excluding steroid dienone is 1. The number of rotatable bonds is 10. The zero-order chi connectivity index (χ0) is 34.8. The maximum atomic E-state index is 14.4. The molecule has 0 spiro atoms. The second kappa shape index (κ2) is 13.7. The summed E-state index contributed by atoms with van der Waals surface area (Å²) < 4.78 is 19.9. The van der Waals surface area contributed by atoms with Crippen molar-refractivity contribution < 1.29 is 23.9 Å². The molecular weight excluding hydrogens is 646 g/mol. The molecule has 0 saturated heterocycles. The van der Waals surface area contributed by atoms with Crippen LogP contribution in [0.1, 0.15) is 44.9 Å². The number of nitrogens with zero attached hydrogens (tertiary/aromatic N) is 5. The number of nitro benzene ring substituents is 1. The molecular formula is C36H33N5O7S. The van der Waals surface area contributed by atoms with E-state index in [0.717, 1.165) is 5.69 Å². The Morgan fingerprint density at radius 2 is 1.84 bits per heavy atom. The molecule has 0 saturated carbocycles. The summed E-state index contributed by atoms with van der Waals surface area (Å²) in [5.41, 5.74) is 3.00. The number of thiazole rings is 1. The third kappa shape index (κ3) is 6.52. The van der Waals surface area contributed by atoms with Crippen molar-refractivity contribution in [3.05, 3.63) is 131 Å². The number of methoxy groups -OCH3 is 1. The molecule has 250 valence electrons. The quantitative estimate of drug-likeness (QED) is 0.109. The molecule has 0 aliphatic carbocycles. The van der Waals surface area contributed by atoms with Gasteiger partial charge in [-0.3, -0.25) is 19.5 Å². The van der Waals surface area contributed by atoms with E-state index in [4.69, 9.17) is 19.3 Å². The predicted molar refractivity (Wildman–Crippen MR) is 185 cm³/mol. The van der Waals surface area contributed by atoms with Crippen molar-refractivity contribution in [2.75, 3.05) is 13.7 Å². The first-order valence-electron chi connectivity index (χ1n) is 15.5. The Labute approximate surface area is 285 Å². The maximum absolute atomic E-state index is 14.4. The van der Waals surface area contributed by atoms with Crippen LogP contribution in [0.4, 0.5) is 5.69 Å². The van der Waals surface area contributed by atoms with Gasteiger partial charge in [0.05, 0.1) is 52.3 Å². The second-order valence-electron chi connectivity index (χ2n) is 11.4. The summed E-state index contributed by atoms with van der Waals surface area (Å²) in [4.78, 5) is 44.4. The normalized spacial score (nSPS) is 14.4. The summed E-state index contributed by atoms with van der Waals surface area (Å²) >= 11 is 1.17. The van der Waals surface area contributed by atoms with E-state index < -0.39 is 16.9 Å². The molecule has 0 N–H and O–H groups in total. The molecule has 1 atom stereocenters. The van der Waals surface area contributed by atoms with Gasteiger partial charge in [-0.05, 0) is 75.7 Å².